The molecule has 0 aliphatic heterocycles. The average molecular weight is 457 g/mol. The van der Waals surface area contributed by atoms with Gasteiger partial charge in [-0.2, -0.15) is 0 Å². The second-order valence-corrected chi connectivity index (χ2v) is 8.77. The van der Waals surface area contributed by atoms with Gasteiger partial charge in [0.2, 0.25) is 11.0 Å². The zero-order valence-corrected chi connectivity index (χ0v) is 19.9. The number of esters is 1. The van der Waals surface area contributed by atoms with Gasteiger partial charge in [-0.1, -0.05) is 36.4 Å². The summed E-state index contributed by atoms with van der Waals surface area (Å²) in [5.74, 6) is 0.205. The number of rotatable bonds is 12. The first-order valence-corrected chi connectivity index (χ1v) is 11.8. The average Bonchev–Trinajstić information content (AvgIpc) is 2.81. The predicted octanol–water partition coefficient (Wildman–Crippen LogP) is 4.50. The maximum absolute atomic E-state index is 12.4. The van der Waals surface area contributed by atoms with Crippen molar-refractivity contribution in [2.75, 3.05) is 44.9 Å². The Labute approximate surface area is 194 Å². The highest BCUT2D eigenvalue weighted by molar-refractivity contribution is 8.14. The Morgan fingerprint density at radius 3 is 2.19 bits per heavy atom. The molecule has 0 unspecified atom stereocenters. The zero-order chi connectivity index (χ0) is 23.3. The van der Waals surface area contributed by atoms with E-state index in [0.29, 0.717) is 23.3 Å². The number of anilines is 1. The monoisotopic (exact) mass is 456 g/mol. The van der Waals surface area contributed by atoms with Crippen LogP contribution in [0.2, 0.25) is 0 Å². The van der Waals surface area contributed by atoms with E-state index in [9.17, 15) is 14.4 Å². The van der Waals surface area contributed by atoms with Gasteiger partial charge in [0.25, 0.3) is 0 Å². The molecule has 2 aromatic carbocycles. The molecule has 1 amide bonds. The van der Waals surface area contributed by atoms with Gasteiger partial charge in [-0.15, -0.1) is 0 Å². The van der Waals surface area contributed by atoms with E-state index in [0.717, 1.165) is 43.3 Å². The van der Waals surface area contributed by atoms with Crippen LogP contribution in [0.25, 0.3) is 0 Å². The zero-order valence-electron chi connectivity index (χ0n) is 19.1. The van der Waals surface area contributed by atoms with Crippen molar-refractivity contribution in [3.8, 4) is 0 Å². The van der Waals surface area contributed by atoms with Gasteiger partial charge >= 0.3 is 5.97 Å². The molecule has 0 N–H and O–H groups in total. The molecule has 0 aromatic heterocycles. The molecule has 32 heavy (non-hydrogen) atoms. The summed E-state index contributed by atoms with van der Waals surface area (Å²) < 4.78 is 5.20. The van der Waals surface area contributed by atoms with E-state index >= 15 is 0 Å². The number of carbonyl (C=O) groups excluding carboxylic acids is 3. The predicted molar refractivity (Wildman–Crippen MR) is 130 cm³/mol. The molecule has 0 saturated heterocycles. The van der Waals surface area contributed by atoms with Gasteiger partial charge in [-0.05, 0) is 49.2 Å². The minimum Gasteiger partial charge on any atom is -0.461 e. The Morgan fingerprint density at radius 2 is 1.53 bits per heavy atom. The number of carbonyl (C=O) groups is 3. The van der Waals surface area contributed by atoms with Crippen molar-refractivity contribution in [2.45, 2.75) is 25.7 Å². The summed E-state index contributed by atoms with van der Waals surface area (Å²) in [7, 11) is 5.59. The van der Waals surface area contributed by atoms with Crippen LogP contribution in [0.5, 0.6) is 0 Å². The fourth-order valence-electron chi connectivity index (χ4n) is 3.02. The van der Waals surface area contributed by atoms with E-state index in [1.54, 1.807) is 43.3 Å². The van der Waals surface area contributed by atoms with Crippen LogP contribution in [0.15, 0.2) is 54.6 Å². The van der Waals surface area contributed by atoms with Crippen molar-refractivity contribution in [2.24, 2.45) is 0 Å². The molecular formula is C25H32N2O4S. The first kappa shape index (κ1) is 25.5. The van der Waals surface area contributed by atoms with Crippen molar-refractivity contribution < 1.29 is 19.1 Å². The molecular weight excluding hydrogens is 424 g/mol. The maximum atomic E-state index is 12.4. The largest absolute Gasteiger partial charge is 0.461 e. The van der Waals surface area contributed by atoms with Crippen LogP contribution >= 0.6 is 11.8 Å². The lowest BCUT2D eigenvalue weighted by molar-refractivity contribution is -0.128. The quantitative estimate of drug-likeness (QED) is 0.346. The molecule has 0 spiro atoms. The minimum absolute atomic E-state index is 0.0412. The lowest BCUT2D eigenvalue weighted by Crippen LogP contribution is -2.21. The number of thioether (sulfide) groups is 1. The third-order valence-electron chi connectivity index (χ3n) is 4.99. The van der Waals surface area contributed by atoms with Gasteiger partial charge < -0.3 is 14.5 Å². The molecule has 0 aliphatic rings. The molecule has 0 bridgehead atoms. The van der Waals surface area contributed by atoms with Gasteiger partial charge in [0.05, 0.1) is 5.56 Å². The summed E-state index contributed by atoms with van der Waals surface area (Å²) in [6.45, 7) is 1.08. The van der Waals surface area contributed by atoms with Gasteiger partial charge in [0, 0.05) is 51.1 Å². The lowest BCUT2D eigenvalue weighted by Gasteiger charge is -2.19. The molecule has 0 fully saturated rings. The number of ether oxygens (including phenoxy) is 1. The van der Waals surface area contributed by atoms with Crippen molar-refractivity contribution in [1.29, 1.82) is 0 Å². The summed E-state index contributed by atoms with van der Waals surface area (Å²) in [6, 6.07) is 16.3. The Bertz CT molecular complexity index is 869. The van der Waals surface area contributed by atoms with Gasteiger partial charge in [-0.3, -0.25) is 9.59 Å². The topological polar surface area (TPSA) is 66.9 Å². The molecule has 0 aliphatic carbocycles. The Hall–Kier alpha value is -2.80. The number of unbranched alkanes of at least 4 members (excludes halogenated alkanes) is 2. The highest BCUT2D eigenvalue weighted by Gasteiger charge is 2.10. The van der Waals surface area contributed by atoms with Crippen LogP contribution < -0.4 is 4.90 Å². The normalized spacial score (nSPS) is 10.5. The highest BCUT2D eigenvalue weighted by atomic mass is 32.2. The van der Waals surface area contributed by atoms with Crippen LogP contribution in [-0.4, -0.2) is 61.9 Å². The Morgan fingerprint density at radius 1 is 0.844 bits per heavy atom. The SMILES string of the molecule is CN(C)C(=O)CCCCCN(C)c1ccc(C(=O)SCCOC(=O)c2ccccc2)cc1. The van der Waals surface area contributed by atoms with E-state index in [4.69, 9.17) is 4.74 Å². The van der Waals surface area contributed by atoms with E-state index in [-0.39, 0.29) is 23.6 Å². The molecule has 6 nitrogen and oxygen atoms in total. The Balaban J connectivity index is 1.66. The number of nitrogens with zero attached hydrogens (tertiary/aromatic N) is 2. The molecule has 0 saturated carbocycles. The van der Waals surface area contributed by atoms with E-state index in [1.807, 2.05) is 37.4 Å². The van der Waals surface area contributed by atoms with Crippen molar-refractivity contribution in [3.05, 3.63) is 65.7 Å². The third kappa shape index (κ3) is 8.75. The van der Waals surface area contributed by atoms with E-state index < -0.39 is 0 Å². The van der Waals surface area contributed by atoms with E-state index in [1.165, 1.54) is 0 Å². The molecule has 0 radical (unpaired) electrons. The van der Waals surface area contributed by atoms with Crippen LogP contribution in [0.1, 0.15) is 46.4 Å². The molecule has 7 heteroatoms. The minimum atomic E-state index is -0.379. The standard InChI is InChI=1S/C25H32N2O4S/c1-26(2)23(28)12-8-5-9-17-27(3)22-15-13-21(14-16-22)25(30)32-19-18-31-24(29)20-10-6-4-7-11-20/h4,6-7,10-11,13-16H,5,8-9,12,17-19H2,1-3H3. The van der Waals surface area contributed by atoms with Crippen LogP contribution in [0.4, 0.5) is 5.69 Å². The summed E-state index contributed by atoms with van der Waals surface area (Å²) in [5.41, 5.74) is 2.18. The fraction of sp³-hybridized carbons (Fsp3) is 0.400. The Kier molecular flexibility index (Phi) is 10.8. The molecule has 2 aromatic rings. The van der Waals surface area contributed by atoms with Crippen LogP contribution in [0, 0.1) is 0 Å². The second kappa shape index (κ2) is 13.6. The first-order chi connectivity index (χ1) is 15.4. The van der Waals surface area contributed by atoms with Crippen molar-refractivity contribution in [1.82, 2.24) is 4.90 Å². The van der Waals surface area contributed by atoms with Crippen LogP contribution in [-0.2, 0) is 9.53 Å². The fourth-order valence-corrected chi connectivity index (χ4v) is 3.67. The van der Waals surface area contributed by atoms with Crippen molar-refractivity contribution >= 4 is 34.4 Å². The van der Waals surface area contributed by atoms with Gasteiger partial charge in [0.1, 0.15) is 6.61 Å². The van der Waals surface area contributed by atoms with E-state index in [2.05, 4.69) is 4.90 Å². The highest BCUT2D eigenvalue weighted by Crippen LogP contribution is 2.18. The first-order valence-electron chi connectivity index (χ1n) is 10.8. The summed E-state index contributed by atoms with van der Waals surface area (Å²) in [6.07, 6.45) is 3.51. The van der Waals surface area contributed by atoms with Crippen LogP contribution in [0.3, 0.4) is 0 Å². The molecule has 2 rings (SSSR count). The number of amides is 1. The third-order valence-corrected chi connectivity index (χ3v) is 5.85. The molecule has 0 heterocycles. The molecule has 0 atom stereocenters. The maximum Gasteiger partial charge on any atom is 0.338 e. The number of hydrogen-bond donors (Lipinski definition) is 0. The van der Waals surface area contributed by atoms with Crippen molar-refractivity contribution in [3.63, 3.8) is 0 Å². The smallest absolute Gasteiger partial charge is 0.338 e. The van der Waals surface area contributed by atoms with Gasteiger partial charge in [-0.25, -0.2) is 4.79 Å². The summed E-state index contributed by atoms with van der Waals surface area (Å²) >= 11 is 1.14. The number of benzene rings is 2. The lowest BCUT2D eigenvalue weighted by atomic mass is 10.1. The van der Waals surface area contributed by atoms with Gasteiger partial charge in [0.15, 0.2) is 0 Å². The summed E-state index contributed by atoms with van der Waals surface area (Å²) in [5, 5.41) is -0.0412. The number of hydrogen-bond acceptors (Lipinski definition) is 6. The molecule has 172 valence electrons. The second-order valence-electron chi connectivity index (χ2n) is 7.71. The summed E-state index contributed by atoms with van der Waals surface area (Å²) in [4.78, 5) is 39.6.